The Hall–Kier alpha value is -2.63. The summed E-state index contributed by atoms with van der Waals surface area (Å²) in [7, 11) is 1.56. The molecule has 23 heavy (non-hydrogen) atoms. The monoisotopic (exact) mass is 317 g/mol. The summed E-state index contributed by atoms with van der Waals surface area (Å²) in [5.41, 5.74) is 2.02. The summed E-state index contributed by atoms with van der Waals surface area (Å²) in [6, 6.07) is 7.50. The Bertz CT molecular complexity index is 646. The molecule has 0 aliphatic heterocycles. The molecule has 0 aliphatic rings. The van der Waals surface area contributed by atoms with Crippen molar-refractivity contribution in [2.24, 2.45) is 0 Å². The van der Waals surface area contributed by atoms with Gasteiger partial charge in [-0.15, -0.1) is 0 Å². The van der Waals surface area contributed by atoms with Crippen LogP contribution in [0.4, 0.5) is 16.2 Å². The van der Waals surface area contributed by atoms with Gasteiger partial charge in [-0.2, -0.15) is 0 Å². The van der Waals surface area contributed by atoms with Gasteiger partial charge < -0.3 is 19.8 Å². The van der Waals surface area contributed by atoms with E-state index in [1.165, 1.54) is 0 Å². The fourth-order valence-electron chi connectivity index (χ4n) is 2.00. The molecule has 1 aromatic heterocycles. The van der Waals surface area contributed by atoms with Crippen LogP contribution in [0.25, 0.3) is 0 Å². The number of H-pyrrole nitrogens is 1. The van der Waals surface area contributed by atoms with Crippen molar-refractivity contribution in [3.05, 3.63) is 42.2 Å². The molecule has 1 amide bonds. The van der Waals surface area contributed by atoms with Crippen molar-refractivity contribution in [1.82, 2.24) is 4.98 Å². The third kappa shape index (κ3) is 5.25. The number of benzene rings is 1. The highest BCUT2D eigenvalue weighted by atomic mass is 16.6. The van der Waals surface area contributed by atoms with E-state index in [9.17, 15) is 4.79 Å². The van der Waals surface area contributed by atoms with Crippen LogP contribution in [0.5, 0.6) is 5.75 Å². The lowest BCUT2D eigenvalue weighted by molar-refractivity contribution is 0.0635. The first-order valence-electron chi connectivity index (χ1n) is 7.41. The van der Waals surface area contributed by atoms with Gasteiger partial charge in [0, 0.05) is 24.6 Å². The van der Waals surface area contributed by atoms with E-state index >= 15 is 0 Å². The summed E-state index contributed by atoms with van der Waals surface area (Å²) >= 11 is 0. The molecule has 0 aliphatic carbocycles. The number of methoxy groups -OCH3 is 1. The number of aromatic amines is 1. The molecular weight excluding hydrogens is 294 g/mol. The smallest absolute Gasteiger partial charge is 0.412 e. The highest BCUT2D eigenvalue weighted by Crippen LogP contribution is 2.28. The van der Waals surface area contributed by atoms with Crippen LogP contribution >= 0.6 is 0 Å². The van der Waals surface area contributed by atoms with Crippen LogP contribution in [0.15, 0.2) is 36.7 Å². The highest BCUT2D eigenvalue weighted by molar-refractivity contribution is 5.88. The largest absolute Gasteiger partial charge is 0.495 e. The van der Waals surface area contributed by atoms with Crippen LogP contribution in [-0.4, -0.2) is 23.8 Å². The lowest BCUT2D eigenvalue weighted by Gasteiger charge is -2.20. The summed E-state index contributed by atoms with van der Waals surface area (Å²) in [6.45, 7) is 6.14. The SMILES string of the molecule is COc1ccc(NCc2cc[nH]c2)cc1NC(=O)OC(C)(C)C. The standard InChI is InChI=1S/C17H23N3O3/c1-17(2,3)23-16(21)20-14-9-13(5-6-15(14)22-4)19-11-12-7-8-18-10-12/h5-10,18-19H,11H2,1-4H3,(H,20,21). The first-order chi connectivity index (χ1) is 10.9. The molecule has 1 heterocycles. The second-order valence-electron chi connectivity index (χ2n) is 6.11. The molecule has 0 fully saturated rings. The molecule has 3 N–H and O–H groups in total. The van der Waals surface area contributed by atoms with Gasteiger partial charge in [-0.05, 0) is 50.6 Å². The van der Waals surface area contributed by atoms with Crippen LogP contribution < -0.4 is 15.4 Å². The second kappa shape index (κ2) is 7.09. The zero-order chi connectivity index (χ0) is 16.9. The van der Waals surface area contributed by atoms with Gasteiger partial charge in [-0.3, -0.25) is 5.32 Å². The first-order valence-corrected chi connectivity index (χ1v) is 7.41. The number of aromatic nitrogens is 1. The summed E-state index contributed by atoms with van der Waals surface area (Å²) < 4.78 is 10.5. The van der Waals surface area contributed by atoms with Crippen LogP contribution in [0.3, 0.4) is 0 Å². The fraction of sp³-hybridized carbons (Fsp3) is 0.353. The number of hydrogen-bond donors (Lipinski definition) is 3. The van der Waals surface area contributed by atoms with E-state index < -0.39 is 11.7 Å². The van der Waals surface area contributed by atoms with Gasteiger partial charge in [0.15, 0.2) is 0 Å². The molecule has 1 aromatic carbocycles. The van der Waals surface area contributed by atoms with Crippen molar-refractivity contribution in [2.45, 2.75) is 32.9 Å². The van der Waals surface area contributed by atoms with Gasteiger partial charge in [0.1, 0.15) is 11.4 Å². The van der Waals surface area contributed by atoms with Gasteiger partial charge in [0.25, 0.3) is 0 Å². The Morgan fingerprint density at radius 2 is 2.04 bits per heavy atom. The zero-order valence-electron chi connectivity index (χ0n) is 13.9. The highest BCUT2D eigenvalue weighted by Gasteiger charge is 2.17. The average Bonchev–Trinajstić information content (AvgIpc) is 2.96. The molecule has 2 rings (SSSR count). The lowest BCUT2D eigenvalue weighted by atomic mass is 10.2. The number of rotatable bonds is 5. The predicted molar refractivity (Wildman–Crippen MR) is 91.0 cm³/mol. The van der Waals surface area contributed by atoms with E-state index in [0.29, 0.717) is 18.0 Å². The van der Waals surface area contributed by atoms with Crippen LogP contribution in [-0.2, 0) is 11.3 Å². The number of carbonyl (C=O) groups excluding carboxylic acids is 1. The molecule has 124 valence electrons. The third-order valence-electron chi connectivity index (χ3n) is 2.99. The molecule has 6 nitrogen and oxygen atoms in total. The predicted octanol–water partition coefficient (Wildman–Crippen LogP) is 3.98. The molecule has 0 saturated heterocycles. The Morgan fingerprint density at radius 3 is 2.65 bits per heavy atom. The fourth-order valence-corrected chi connectivity index (χ4v) is 2.00. The summed E-state index contributed by atoms with van der Waals surface area (Å²) in [5, 5.41) is 6.01. The molecule has 0 saturated carbocycles. The molecule has 6 heteroatoms. The normalized spacial score (nSPS) is 11.0. The van der Waals surface area contributed by atoms with Gasteiger partial charge in [0.05, 0.1) is 12.8 Å². The van der Waals surface area contributed by atoms with Crippen molar-refractivity contribution in [1.29, 1.82) is 0 Å². The van der Waals surface area contributed by atoms with E-state index in [-0.39, 0.29) is 0 Å². The molecular formula is C17H23N3O3. The minimum atomic E-state index is -0.554. The molecule has 0 bridgehead atoms. The third-order valence-corrected chi connectivity index (χ3v) is 2.99. The Labute approximate surface area is 136 Å². The van der Waals surface area contributed by atoms with Crippen molar-refractivity contribution >= 4 is 17.5 Å². The maximum atomic E-state index is 11.9. The molecule has 0 spiro atoms. The Morgan fingerprint density at radius 1 is 1.26 bits per heavy atom. The van der Waals surface area contributed by atoms with Crippen LogP contribution in [0.2, 0.25) is 0 Å². The van der Waals surface area contributed by atoms with Gasteiger partial charge in [-0.25, -0.2) is 4.79 Å². The maximum Gasteiger partial charge on any atom is 0.412 e. The molecule has 0 unspecified atom stereocenters. The number of ether oxygens (including phenoxy) is 2. The minimum absolute atomic E-state index is 0.515. The van der Waals surface area contributed by atoms with Crippen LogP contribution in [0, 0.1) is 0 Å². The summed E-state index contributed by atoms with van der Waals surface area (Å²) in [5.74, 6) is 0.572. The minimum Gasteiger partial charge on any atom is -0.495 e. The van der Waals surface area contributed by atoms with E-state index in [1.54, 1.807) is 13.2 Å². The van der Waals surface area contributed by atoms with Crippen molar-refractivity contribution < 1.29 is 14.3 Å². The number of hydrogen-bond acceptors (Lipinski definition) is 4. The zero-order valence-corrected chi connectivity index (χ0v) is 13.9. The topological polar surface area (TPSA) is 75.4 Å². The summed E-state index contributed by atoms with van der Waals surface area (Å²) in [4.78, 5) is 14.9. The maximum absolute atomic E-state index is 11.9. The van der Waals surface area contributed by atoms with Gasteiger partial charge in [0.2, 0.25) is 0 Å². The molecule has 0 radical (unpaired) electrons. The van der Waals surface area contributed by atoms with E-state index in [4.69, 9.17) is 9.47 Å². The average molecular weight is 317 g/mol. The van der Waals surface area contributed by atoms with E-state index in [1.807, 2.05) is 51.4 Å². The van der Waals surface area contributed by atoms with Crippen LogP contribution in [0.1, 0.15) is 26.3 Å². The lowest BCUT2D eigenvalue weighted by Crippen LogP contribution is -2.27. The second-order valence-corrected chi connectivity index (χ2v) is 6.11. The number of carbonyl (C=O) groups is 1. The van der Waals surface area contributed by atoms with Crippen molar-refractivity contribution in [3.63, 3.8) is 0 Å². The van der Waals surface area contributed by atoms with Crippen molar-refractivity contribution in [2.75, 3.05) is 17.7 Å². The van der Waals surface area contributed by atoms with E-state index in [0.717, 1.165) is 11.3 Å². The van der Waals surface area contributed by atoms with E-state index in [2.05, 4.69) is 15.6 Å². The quantitative estimate of drug-likeness (QED) is 0.779. The van der Waals surface area contributed by atoms with Crippen molar-refractivity contribution in [3.8, 4) is 5.75 Å². The number of nitrogens with one attached hydrogen (secondary N) is 3. The van der Waals surface area contributed by atoms with Gasteiger partial charge in [-0.1, -0.05) is 0 Å². The molecule has 2 aromatic rings. The molecule has 0 atom stereocenters. The number of anilines is 2. The Kier molecular flexibility index (Phi) is 5.16. The number of amides is 1. The first kappa shape index (κ1) is 16.7. The van der Waals surface area contributed by atoms with Gasteiger partial charge >= 0.3 is 6.09 Å². The Balaban J connectivity index is 2.07. The summed E-state index contributed by atoms with van der Waals surface area (Å²) in [6.07, 6.45) is 3.29.